The Kier molecular flexibility index (Phi) is 3.18. The quantitative estimate of drug-likeness (QED) is 0.866. The molecule has 1 N–H and O–H groups in total. The molecule has 2 aromatic rings. The zero-order valence-corrected chi connectivity index (χ0v) is 9.63. The van der Waals surface area contributed by atoms with Gasteiger partial charge in [0.05, 0.1) is 12.4 Å². The van der Waals surface area contributed by atoms with Gasteiger partial charge in [-0.15, -0.1) is 0 Å². The highest BCUT2D eigenvalue weighted by Crippen LogP contribution is 2.17. The molecule has 1 heterocycles. The first-order valence-corrected chi connectivity index (χ1v) is 5.75. The SMILES string of the molecule is OC(CBr)c1ccc(-n2ccnc2)cc1. The molecule has 0 aliphatic carbocycles. The first-order chi connectivity index (χ1) is 7.31. The van der Waals surface area contributed by atoms with E-state index in [4.69, 9.17) is 0 Å². The van der Waals surface area contributed by atoms with Crippen LogP contribution in [0.25, 0.3) is 5.69 Å². The lowest BCUT2D eigenvalue weighted by Gasteiger charge is -2.08. The van der Waals surface area contributed by atoms with E-state index in [0.29, 0.717) is 5.33 Å². The second-order valence-corrected chi connectivity index (χ2v) is 3.88. The lowest BCUT2D eigenvalue weighted by atomic mass is 10.1. The maximum atomic E-state index is 9.58. The smallest absolute Gasteiger partial charge is 0.0991 e. The Morgan fingerprint density at radius 2 is 2.07 bits per heavy atom. The van der Waals surface area contributed by atoms with Gasteiger partial charge < -0.3 is 9.67 Å². The number of halogens is 1. The fourth-order valence-corrected chi connectivity index (χ4v) is 1.74. The summed E-state index contributed by atoms with van der Waals surface area (Å²) < 4.78 is 1.92. The molecule has 1 aromatic heterocycles. The predicted octanol–water partition coefficient (Wildman–Crippen LogP) is 2.30. The minimum atomic E-state index is -0.443. The van der Waals surface area contributed by atoms with E-state index in [1.54, 1.807) is 12.5 Å². The van der Waals surface area contributed by atoms with E-state index < -0.39 is 6.10 Å². The number of hydrogen-bond donors (Lipinski definition) is 1. The molecule has 2 rings (SSSR count). The molecular formula is C11H11BrN2O. The summed E-state index contributed by atoms with van der Waals surface area (Å²) in [6.45, 7) is 0. The van der Waals surface area contributed by atoms with Crippen LogP contribution in [-0.4, -0.2) is 20.0 Å². The lowest BCUT2D eigenvalue weighted by molar-refractivity contribution is 0.205. The second-order valence-electron chi connectivity index (χ2n) is 3.23. The standard InChI is InChI=1S/C11H11BrN2O/c12-7-11(15)9-1-3-10(4-2-9)14-6-5-13-8-14/h1-6,8,11,15H,7H2. The average molecular weight is 267 g/mol. The second kappa shape index (κ2) is 4.59. The molecule has 0 saturated heterocycles. The van der Waals surface area contributed by atoms with Crippen LogP contribution >= 0.6 is 15.9 Å². The number of aliphatic hydroxyl groups is 1. The van der Waals surface area contributed by atoms with Crippen LogP contribution in [0.1, 0.15) is 11.7 Å². The third-order valence-corrected chi connectivity index (χ3v) is 2.84. The molecule has 0 bridgehead atoms. The van der Waals surface area contributed by atoms with Crippen molar-refractivity contribution in [2.24, 2.45) is 0 Å². The molecule has 0 saturated carbocycles. The Balaban J connectivity index is 2.25. The van der Waals surface area contributed by atoms with E-state index in [2.05, 4.69) is 20.9 Å². The lowest BCUT2D eigenvalue weighted by Crippen LogP contribution is -1.98. The van der Waals surface area contributed by atoms with Crippen molar-refractivity contribution in [3.8, 4) is 5.69 Å². The highest BCUT2D eigenvalue weighted by Gasteiger charge is 2.04. The highest BCUT2D eigenvalue weighted by atomic mass is 79.9. The Bertz CT molecular complexity index is 411. The Hall–Kier alpha value is -1.13. The summed E-state index contributed by atoms with van der Waals surface area (Å²) >= 11 is 3.24. The first-order valence-electron chi connectivity index (χ1n) is 4.63. The molecule has 1 unspecified atom stereocenters. The van der Waals surface area contributed by atoms with Crippen LogP contribution < -0.4 is 0 Å². The number of hydrogen-bond acceptors (Lipinski definition) is 2. The first kappa shape index (κ1) is 10.4. The summed E-state index contributed by atoms with van der Waals surface area (Å²) in [6, 6.07) is 7.76. The number of benzene rings is 1. The maximum Gasteiger partial charge on any atom is 0.0991 e. The van der Waals surface area contributed by atoms with Crippen molar-refractivity contribution in [2.75, 3.05) is 5.33 Å². The van der Waals surface area contributed by atoms with Gasteiger partial charge in [-0.1, -0.05) is 28.1 Å². The zero-order chi connectivity index (χ0) is 10.7. The molecule has 3 nitrogen and oxygen atoms in total. The van der Waals surface area contributed by atoms with Crippen molar-refractivity contribution >= 4 is 15.9 Å². The van der Waals surface area contributed by atoms with E-state index in [1.807, 2.05) is 35.0 Å². The molecule has 78 valence electrons. The van der Waals surface area contributed by atoms with Crippen LogP contribution in [0.15, 0.2) is 43.0 Å². The van der Waals surface area contributed by atoms with Gasteiger partial charge in [0.25, 0.3) is 0 Å². The molecule has 1 atom stereocenters. The molecule has 0 aliphatic rings. The van der Waals surface area contributed by atoms with E-state index >= 15 is 0 Å². The number of aliphatic hydroxyl groups excluding tert-OH is 1. The van der Waals surface area contributed by atoms with Crippen LogP contribution in [0.2, 0.25) is 0 Å². The summed E-state index contributed by atoms with van der Waals surface area (Å²) in [5.41, 5.74) is 1.95. The van der Waals surface area contributed by atoms with Crippen molar-refractivity contribution in [3.63, 3.8) is 0 Å². The van der Waals surface area contributed by atoms with E-state index in [-0.39, 0.29) is 0 Å². The molecular weight excluding hydrogens is 256 g/mol. The van der Waals surface area contributed by atoms with Gasteiger partial charge in [-0.05, 0) is 17.7 Å². The Morgan fingerprint density at radius 3 is 2.60 bits per heavy atom. The van der Waals surface area contributed by atoms with Gasteiger partial charge in [0, 0.05) is 23.4 Å². The molecule has 0 amide bonds. The van der Waals surface area contributed by atoms with Crippen LogP contribution in [-0.2, 0) is 0 Å². The molecule has 4 heteroatoms. The van der Waals surface area contributed by atoms with E-state index in [1.165, 1.54) is 0 Å². The van der Waals surface area contributed by atoms with E-state index in [9.17, 15) is 5.11 Å². The van der Waals surface area contributed by atoms with Crippen LogP contribution in [0.5, 0.6) is 0 Å². The Morgan fingerprint density at radius 1 is 1.33 bits per heavy atom. The minimum Gasteiger partial charge on any atom is -0.388 e. The fourth-order valence-electron chi connectivity index (χ4n) is 1.37. The summed E-state index contributed by atoms with van der Waals surface area (Å²) in [4.78, 5) is 3.98. The van der Waals surface area contributed by atoms with Crippen molar-refractivity contribution in [2.45, 2.75) is 6.10 Å². The Labute approximate surface area is 96.5 Å². The van der Waals surface area contributed by atoms with Gasteiger partial charge in [0.2, 0.25) is 0 Å². The van der Waals surface area contributed by atoms with Gasteiger partial charge in [-0.25, -0.2) is 4.98 Å². The minimum absolute atomic E-state index is 0.443. The fraction of sp³-hybridized carbons (Fsp3) is 0.182. The van der Waals surface area contributed by atoms with Gasteiger partial charge in [0.15, 0.2) is 0 Å². The molecule has 15 heavy (non-hydrogen) atoms. The van der Waals surface area contributed by atoms with Crippen LogP contribution in [0.3, 0.4) is 0 Å². The van der Waals surface area contributed by atoms with Crippen LogP contribution in [0.4, 0.5) is 0 Å². The van der Waals surface area contributed by atoms with Crippen molar-refractivity contribution < 1.29 is 5.11 Å². The molecule has 0 aliphatic heterocycles. The van der Waals surface area contributed by atoms with Crippen molar-refractivity contribution in [3.05, 3.63) is 48.5 Å². The van der Waals surface area contributed by atoms with Gasteiger partial charge in [-0.3, -0.25) is 0 Å². The number of alkyl halides is 1. The molecule has 0 radical (unpaired) electrons. The predicted molar refractivity (Wildman–Crippen MR) is 62.3 cm³/mol. The molecule has 1 aromatic carbocycles. The summed E-state index contributed by atoms with van der Waals surface area (Å²) in [7, 11) is 0. The van der Waals surface area contributed by atoms with Crippen LogP contribution in [0, 0.1) is 0 Å². The summed E-state index contributed by atoms with van der Waals surface area (Å²) in [5, 5.41) is 10.1. The monoisotopic (exact) mass is 266 g/mol. The third-order valence-electron chi connectivity index (χ3n) is 2.23. The topological polar surface area (TPSA) is 38.0 Å². The molecule has 0 spiro atoms. The zero-order valence-electron chi connectivity index (χ0n) is 8.05. The number of imidazole rings is 1. The average Bonchev–Trinajstić information content (AvgIpc) is 2.82. The normalized spacial score (nSPS) is 12.7. The third kappa shape index (κ3) is 2.27. The van der Waals surface area contributed by atoms with Gasteiger partial charge >= 0.3 is 0 Å². The summed E-state index contributed by atoms with van der Waals surface area (Å²) in [6.07, 6.45) is 4.93. The van der Waals surface area contributed by atoms with E-state index in [0.717, 1.165) is 11.3 Å². The van der Waals surface area contributed by atoms with Crippen molar-refractivity contribution in [1.29, 1.82) is 0 Å². The van der Waals surface area contributed by atoms with Gasteiger partial charge in [0.1, 0.15) is 0 Å². The van der Waals surface area contributed by atoms with Gasteiger partial charge in [-0.2, -0.15) is 0 Å². The summed E-state index contributed by atoms with van der Waals surface area (Å²) in [5.74, 6) is 0. The largest absolute Gasteiger partial charge is 0.388 e. The molecule has 0 fully saturated rings. The highest BCUT2D eigenvalue weighted by molar-refractivity contribution is 9.09. The number of aromatic nitrogens is 2. The number of nitrogens with zero attached hydrogens (tertiary/aromatic N) is 2. The maximum absolute atomic E-state index is 9.58. The number of rotatable bonds is 3. The van der Waals surface area contributed by atoms with Crippen molar-refractivity contribution in [1.82, 2.24) is 9.55 Å².